The van der Waals surface area contributed by atoms with E-state index in [4.69, 9.17) is 0 Å². The van der Waals surface area contributed by atoms with E-state index in [0.29, 0.717) is 23.0 Å². The molecule has 0 aliphatic carbocycles. The Morgan fingerprint density at radius 2 is 1.77 bits per heavy atom. The molecular weight excluding hydrogens is 386 g/mol. The van der Waals surface area contributed by atoms with Crippen LogP contribution in [0.15, 0.2) is 42.5 Å². The van der Waals surface area contributed by atoms with Crippen LogP contribution in [0, 0.1) is 10.1 Å². The maximum atomic E-state index is 13.3. The highest BCUT2D eigenvalue weighted by atomic mass is 16.6. The van der Waals surface area contributed by atoms with Gasteiger partial charge in [0, 0.05) is 29.4 Å². The highest BCUT2D eigenvalue weighted by molar-refractivity contribution is 5.97. The molecule has 1 aromatic heterocycles. The second-order valence-electron chi connectivity index (χ2n) is 8.27. The van der Waals surface area contributed by atoms with Gasteiger partial charge in [-0.3, -0.25) is 19.5 Å². The molecule has 0 saturated heterocycles. The first-order chi connectivity index (χ1) is 14.2. The highest BCUT2D eigenvalue weighted by Gasteiger charge is 2.33. The summed E-state index contributed by atoms with van der Waals surface area (Å²) in [7, 11) is 0. The van der Waals surface area contributed by atoms with Crippen molar-refractivity contribution in [2.24, 2.45) is 0 Å². The van der Waals surface area contributed by atoms with E-state index >= 15 is 0 Å². The first-order valence-corrected chi connectivity index (χ1v) is 9.79. The van der Waals surface area contributed by atoms with Gasteiger partial charge in [-0.2, -0.15) is 0 Å². The molecule has 0 spiro atoms. The largest absolute Gasteiger partial charge is 0.494 e. The van der Waals surface area contributed by atoms with Crippen molar-refractivity contribution >= 4 is 28.1 Å². The fourth-order valence-corrected chi connectivity index (χ4v) is 4.26. The summed E-state index contributed by atoms with van der Waals surface area (Å²) in [5.41, 5.74) is 1.05. The Morgan fingerprint density at radius 1 is 1.13 bits per heavy atom. The Balaban J connectivity index is 1.76. The highest BCUT2D eigenvalue weighted by Crippen LogP contribution is 2.41. The van der Waals surface area contributed by atoms with Gasteiger partial charge in [-0.1, -0.05) is 26.0 Å². The minimum absolute atomic E-state index is 0.0818. The lowest BCUT2D eigenvalue weighted by Gasteiger charge is -2.27. The maximum absolute atomic E-state index is 13.3. The number of aromatic hydroxyl groups is 2. The van der Waals surface area contributed by atoms with Gasteiger partial charge in [0.2, 0.25) is 17.7 Å². The first-order valence-electron chi connectivity index (χ1n) is 9.79. The van der Waals surface area contributed by atoms with Crippen molar-refractivity contribution in [1.29, 1.82) is 0 Å². The van der Waals surface area contributed by atoms with E-state index < -0.39 is 4.92 Å². The molecule has 8 heteroatoms. The van der Waals surface area contributed by atoms with Crippen molar-refractivity contribution < 1.29 is 19.9 Å². The lowest BCUT2D eigenvalue weighted by Crippen LogP contribution is -2.34. The van der Waals surface area contributed by atoms with Crippen LogP contribution in [0.3, 0.4) is 0 Å². The molecule has 30 heavy (non-hydrogen) atoms. The van der Waals surface area contributed by atoms with Crippen LogP contribution in [-0.4, -0.2) is 32.2 Å². The zero-order valence-corrected chi connectivity index (χ0v) is 16.8. The van der Waals surface area contributed by atoms with Gasteiger partial charge in [0.15, 0.2) is 0 Å². The van der Waals surface area contributed by atoms with Crippen molar-refractivity contribution in [3.8, 4) is 11.8 Å². The lowest BCUT2D eigenvalue weighted by atomic mass is 9.80. The number of hydrogen-bond donors (Lipinski definition) is 2. The van der Waals surface area contributed by atoms with E-state index in [-0.39, 0.29) is 35.3 Å². The van der Waals surface area contributed by atoms with Crippen molar-refractivity contribution in [2.75, 3.05) is 11.4 Å². The van der Waals surface area contributed by atoms with Gasteiger partial charge in [0.25, 0.3) is 5.69 Å². The molecule has 1 aliphatic heterocycles. The van der Waals surface area contributed by atoms with Crippen molar-refractivity contribution in [3.63, 3.8) is 0 Å². The number of aromatic nitrogens is 1. The number of amides is 1. The topological polar surface area (TPSA) is 109 Å². The van der Waals surface area contributed by atoms with Crippen LogP contribution in [0.2, 0.25) is 0 Å². The van der Waals surface area contributed by atoms with Crippen LogP contribution >= 0.6 is 0 Å². The molecule has 156 valence electrons. The minimum atomic E-state index is -0.475. The Kier molecular flexibility index (Phi) is 4.64. The summed E-state index contributed by atoms with van der Waals surface area (Å²) in [5, 5.41) is 33.3. The molecule has 0 radical (unpaired) electrons. The zero-order chi connectivity index (χ0) is 21.6. The predicted octanol–water partition coefficient (Wildman–Crippen LogP) is 4.07. The Labute approximate surface area is 173 Å². The molecule has 0 atom stereocenters. The number of nitro groups is 1. The number of carbonyl (C=O) groups is 1. The number of carbonyl (C=O) groups excluding carboxylic acids is 1. The van der Waals surface area contributed by atoms with Crippen LogP contribution in [0.25, 0.3) is 10.8 Å². The number of benzene rings is 2. The number of nitro benzene ring substituents is 1. The van der Waals surface area contributed by atoms with E-state index in [2.05, 4.69) is 13.8 Å². The minimum Gasteiger partial charge on any atom is -0.494 e. The summed E-state index contributed by atoms with van der Waals surface area (Å²) in [4.78, 5) is 25.6. The van der Waals surface area contributed by atoms with Gasteiger partial charge in [0.05, 0.1) is 10.6 Å². The van der Waals surface area contributed by atoms with Crippen LogP contribution in [0.4, 0.5) is 11.4 Å². The number of anilines is 1. The van der Waals surface area contributed by atoms with Crippen LogP contribution in [-0.2, 0) is 16.8 Å². The summed E-state index contributed by atoms with van der Waals surface area (Å²) in [6, 6.07) is 11.4. The third-order valence-electron chi connectivity index (χ3n) is 5.91. The normalized spacial score (nSPS) is 15.6. The molecule has 0 bridgehead atoms. The Hall–Kier alpha value is -3.55. The second-order valence-corrected chi connectivity index (χ2v) is 8.27. The van der Waals surface area contributed by atoms with E-state index in [1.54, 1.807) is 30.3 Å². The van der Waals surface area contributed by atoms with Crippen LogP contribution in [0.1, 0.15) is 32.3 Å². The van der Waals surface area contributed by atoms with E-state index in [1.165, 1.54) is 21.6 Å². The molecule has 2 N–H and O–H groups in total. The van der Waals surface area contributed by atoms with Gasteiger partial charge >= 0.3 is 0 Å². The first kappa shape index (κ1) is 19.8. The summed E-state index contributed by atoms with van der Waals surface area (Å²) in [6.45, 7) is 4.23. The van der Waals surface area contributed by atoms with Crippen molar-refractivity contribution in [1.82, 2.24) is 4.57 Å². The average molecular weight is 409 g/mol. The summed E-state index contributed by atoms with van der Waals surface area (Å²) in [6.07, 6.45) is 1.55. The molecule has 0 saturated carbocycles. The lowest BCUT2D eigenvalue weighted by molar-refractivity contribution is -0.384. The molecule has 8 nitrogen and oxygen atoms in total. The number of nitrogens with zero attached hydrogens (tertiary/aromatic N) is 3. The molecule has 2 aromatic carbocycles. The number of hydrogen-bond acceptors (Lipinski definition) is 5. The van der Waals surface area contributed by atoms with Gasteiger partial charge in [-0.25, -0.2) is 0 Å². The van der Waals surface area contributed by atoms with Gasteiger partial charge in [0.1, 0.15) is 6.54 Å². The smallest absolute Gasteiger partial charge is 0.271 e. The maximum Gasteiger partial charge on any atom is 0.271 e. The third kappa shape index (κ3) is 3.14. The number of rotatable bonds is 3. The Morgan fingerprint density at radius 3 is 2.37 bits per heavy atom. The van der Waals surface area contributed by atoms with Gasteiger partial charge < -0.3 is 15.1 Å². The fraction of sp³-hybridized carbons (Fsp3) is 0.318. The zero-order valence-electron chi connectivity index (χ0n) is 16.8. The fourth-order valence-electron chi connectivity index (χ4n) is 4.26. The standard InChI is InChI=1S/C22H23N3O5/c1-22(2)10-5-11-23(18-12-14(25(29)30)8-9-17(18)22)19(26)13-24-20(27)15-6-3-4-7-16(15)21(24)28/h3-4,6-9,12,27-28H,5,10-11,13H2,1-2H3. The molecule has 1 aliphatic rings. The number of fused-ring (bicyclic) bond motifs is 2. The average Bonchev–Trinajstić information content (AvgIpc) is 2.87. The monoisotopic (exact) mass is 409 g/mol. The quantitative estimate of drug-likeness (QED) is 0.501. The van der Waals surface area contributed by atoms with Crippen molar-refractivity contribution in [2.45, 2.75) is 38.6 Å². The molecule has 2 heterocycles. The Bertz CT molecular complexity index is 1130. The number of non-ortho nitro benzene ring substituents is 1. The van der Waals surface area contributed by atoms with E-state index in [9.17, 15) is 25.1 Å². The molecule has 0 fully saturated rings. The van der Waals surface area contributed by atoms with Gasteiger partial charge in [-0.15, -0.1) is 0 Å². The molecular formula is C22H23N3O5. The predicted molar refractivity (Wildman–Crippen MR) is 113 cm³/mol. The summed E-state index contributed by atoms with van der Waals surface area (Å²) >= 11 is 0. The second kappa shape index (κ2) is 7.05. The molecule has 4 rings (SSSR count). The van der Waals surface area contributed by atoms with Crippen molar-refractivity contribution in [3.05, 3.63) is 58.1 Å². The molecule has 3 aromatic rings. The third-order valence-corrected chi connectivity index (χ3v) is 5.91. The van der Waals surface area contributed by atoms with Gasteiger partial charge in [-0.05, 0) is 42.0 Å². The summed E-state index contributed by atoms with van der Waals surface area (Å²) in [5.74, 6) is -0.739. The summed E-state index contributed by atoms with van der Waals surface area (Å²) < 4.78 is 1.17. The van der Waals surface area contributed by atoms with Crippen LogP contribution < -0.4 is 4.90 Å². The van der Waals surface area contributed by atoms with E-state index in [1.807, 2.05) is 0 Å². The molecule has 1 amide bonds. The molecule has 0 unspecified atom stereocenters. The van der Waals surface area contributed by atoms with Crippen LogP contribution in [0.5, 0.6) is 11.8 Å². The van der Waals surface area contributed by atoms with E-state index in [0.717, 1.165) is 18.4 Å². The SMILES string of the molecule is CC1(C)CCCN(C(=O)Cn2c(O)c3ccccc3c2O)c2cc([N+](=O)[O-])ccc21.